The zero-order valence-corrected chi connectivity index (χ0v) is 18.4. The summed E-state index contributed by atoms with van der Waals surface area (Å²) in [6.07, 6.45) is 3.37. The Labute approximate surface area is 180 Å². The molecule has 1 amide bonds. The molecule has 1 aromatic carbocycles. The summed E-state index contributed by atoms with van der Waals surface area (Å²) in [6, 6.07) is 7.76. The van der Waals surface area contributed by atoms with Crippen molar-refractivity contribution in [2.45, 2.75) is 38.1 Å². The van der Waals surface area contributed by atoms with Gasteiger partial charge in [0.25, 0.3) is 0 Å². The summed E-state index contributed by atoms with van der Waals surface area (Å²) < 4.78 is 30.1. The zero-order chi connectivity index (χ0) is 22.0. The van der Waals surface area contributed by atoms with Crippen LogP contribution in [-0.2, 0) is 27.8 Å². The van der Waals surface area contributed by atoms with Gasteiger partial charge in [-0.1, -0.05) is 17.3 Å². The molecule has 0 bridgehead atoms. The van der Waals surface area contributed by atoms with E-state index in [2.05, 4.69) is 20.1 Å². The number of hydrogen-bond acceptors (Lipinski definition) is 7. The van der Waals surface area contributed by atoms with Gasteiger partial charge in [-0.15, -0.1) is 0 Å². The molecule has 10 nitrogen and oxygen atoms in total. The summed E-state index contributed by atoms with van der Waals surface area (Å²) >= 11 is 0. The second-order valence-electron chi connectivity index (χ2n) is 7.93. The van der Waals surface area contributed by atoms with Crippen LogP contribution in [0.1, 0.15) is 42.7 Å². The Morgan fingerprint density at radius 1 is 1.26 bits per heavy atom. The highest BCUT2D eigenvalue weighted by atomic mass is 32.2. The predicted molar refractivity (Wildman–Crippen MR) is 114 cm³/mol. The molecule has 0 spiro atoms. The standard InChI is InChI=1S/C20H26N6O4S/c1-25(19(27)8-7-17-21-15-5-3-4-6-16(15)22-17)13-18-23-20(24-30-18)14-9-11-26(12-10-14)31(2,28)29/h3-6,14H,7-13H2,1-2H3,(H,21,22). The number of benzene rings is 1. The summed E-state index contributed by atoms with van der Waals surface area (Å²) in [5.74, 6) is 1.75. The summed E-state index contributed by atoms with van der Waals surface area (Å²) in [4.78, 5) is 26.2. The van der Waals surface area contributed by atoms with Crippen LogP contribution >= 0.6 is 0 Å². The van der Waals surface area contributed by atoms with Gasteiger partial charge in [0.2, 0.25) is 21.8 Å². The number of piperidine rings is 1. The van der Waals surface area contributed by atoms with Crippen molar-refractivity contribution in [3.8, 4) is 0 Å². The minimum atomic E-state index is -3.17. The van der Waals surface area contributed by atoms with Crippen LogP contribution < -0.4 is 0 Å². The van der Waals surface area contributed by atoms with E-state index in [4.69, 9.17) is 4.52 Å². The first kappa shape index (κ1) is 21.4. The zero-order valence-electron chi connectivity index (χ0n) is 17.6. The van der Waals surface area contributed by atoms with Crippen LogP contribution in [0.3, 0.4) is 0 Å². The summed E-state index contributed by atoms with van der Waals surface area (Å²) in [7, 11) is -1.46. The molecule has 0 saturated carbocycles. The topological polar surface area (TPSA) is 125 Å². The van der Waals surface area contributed by atoms with Gasteiger partial charge < -0.3 is 14.4 Å². The van der Waals surface area contributed by atoms with Crippen LogP contribution in [0.2, 0.25) is 0 Å². The summed E-state index contributed by atoms with van der Waals surface area (Å²) in [5, 5.41) is 4.05. The van der Waals surface area contributed by atoms with Crippen molar-refractivity contribution in [3.63, 3.8) is 0 Å². The van der Waals surface area contributed by atoms with Gasteiger partial charge in [0.15, 0.2) is 5.82 Å². The van der Waals surface area contributed by atoms with Crippen LogP contribution in [0, 0.1) is 0 Å². The molecular formula is C20H26N6O4S. The lowest BCUT2D eigenvalue weighted by molar-refractivity contribution is -0.130. The smallest absolute Gasteiger partial charge is 0.246 e. The molecule has 2 aromatic heterocycles. The van der Waals surface area contributed by atoms with Crippen LogP contribution in [0.25, 0.3) is 11.0 Å². The van der Waals surface area contributed by atoms with Gasteiger partial charge in [0.1, 0.15) is 5.82 Å². The molecule has 3 heterocycles. The van der Waals surface area contributed by atoms with E-state index in [1.165, 1.54) is 10.6 Å². The number of rotatable bonds is 7. The van der Waals surface area contributed by atoms with Crippen molar-refractivity contribution in [1.29, 1.82) is 0 Å². The first-order valence-electron chi connectivity index (χ1n) is 10.2. The van der Waals surface area contributed by atoms with E-state index in [0.29, 0.717) is 50.5 Å². The Bertz CT molecular complexity index is 1130. The number of amides is 1. The van der Waals surface area contributed by atoms with Crippen LogP contribution in [-0.4, -0.2) is 70.0 Å². The molecule has 3 aromatic rings. The number of sulfonamides is 1. The van der Waals surface area contributed by atoms with Crippen molar-refractivity contribution in [1.82, 2.24) is 29.3 Å². The van der Waals surface area contributed by atoms with Gasteiger partial charge in [-0.25, -0.2) is 17.7 Å². The Morgan fingerprint density at radius 2 is 2.00 bits per heavy atom. The number of carbonyl (C=O) groups is 1. The second kappa shape index (κ2) is 8.75. The Balaban J connectivity index is 1.28. The first-order chi connectivity index (χ1) is 14.8. The number of H-pyrrole nitrogens is 1. The fraction of sp³-hybridized carbons (Fsp3) is 0.500. The molecule has 0 radical (unpaired) electrons. The first-order valence-corrected chi connectivity index (χ1v) is 12.1. The average molecular weight is 447 g/mol. The Morgan fingerprint density at radius 3 is 2.71 bits per heavy atom. The van der Waals surface area contributed by atoms with Crippen molar-refractivity contribution in [2.75, 3.05) is 26.4 Å². The minimum absolute atomic E-state index is 0.0401. The number of carbonyl (C=O) groups excluding carboxylic acids is 1. The number of aromatic amines is 1. The van der Waals surface area contributed by atoms with Crippen molar-refractivity contribution < 1.29 is 17.7 Å². The number of hydrogen-bond donors (Lipinski definition) is 1. The van der Waals surface area contributed by atoms with Crippen LogP contribution in [0.5, 0.6) is 0 Å². The van der Waals surface area contributed by atoms with Crippen molar-refractivity contribution in [3.05, 3.63) is 41.8 Å². The largest absolute Gasteiger partial charge is 0.342 e. The van der Waals surface area contributed by atoms with E-state index >= 15 is 0 Å². The van der Waals surface area contributed by atoms with E-state index in [1.54, 1.807) is 11.9 Å². The molecule has 1 aliphatic heterocycles. The number of para-hydroxylation sites is 2. The highest BCUT2D eigenvalue weighted by molar-refractivity contribution is 7.88. The fourth-order valence-electron chi connectivity index (χ4n) is 3.78. The molecule has 0 aliphatic carbocycles. The van der Waals surface area contributed by atoms with Gasteiger partial charge in [-0.3, -0.25) is 4.79 Å². The molecule has 11 heteroatoms. The quantitative estimate of drug-likeness (QED) is 0.585. The molecule has 4 rings (SSSR count). The highest BCUT2D eigenvalue weighted by Crippen LogP contribution is 2.27. The Kier molecular flexibility index (Phi) is 6.05. The molecule has 31 heavy (non-hydrogen) atoms. The maximum atomic E-state index is 12.5. The van der Waals surface area contributed by atoms with Gasteiger partial charge in [0.05, 0.1) is 23.8 Å². The average Bonchev–Trinajstić information content (AvgIpc) is 3.38. The number of imidazole rings is 1. The van der Waals surface area contributed by atoms with Crippen molar-refractivity contribution in [2.24, 2.45) is 0 Å². The van der Waals surface area contributed by atoms with Gasteiger partial charge in [0, 0.05) is 38.9 Å². The van der Waals surface area contributed by atoms with Crippen molar-refractivity contribution >= 4 is 27.0 Å². The van der Waals surface area contributed by atoms with E-state index in [9.17, 15) is 13.2 Å². The third-order valence-electron chi connectivity index (χ3n) is 5.58. The number of aromatic nitrogens is 4. The summed E-state index contributed by atoms with van der Waals surface area (Å²) in [5.41, 5.74) is 1.85. The third-order valence-corrected chi connectivity index (χ3v) is 6.89. The SMILES string of the molecule is CN(Cc1nc(C2CCN(S(C)(=O)=O)CC2)no1)C(=O)CCc1nc2ccccc2[nH]1. The molecule has 0 atom stereocenters. The molecule has 1 fully saturated rings. The van der Waals surface area contributed by atoms with Crippen LogP contribution in [0.4, 0.5) is 0 Å². The molecule has 166 valence electrons. The normalized spacial score (nSPS) is 16.1. The maximum Gasteiger partial charge on any atom is 0.246 e. The fourth-order valence-corrected chi connectivity index (χ4v) is 4.65. The number of nitrogens with zero attached hydrogens (tertiary/aromatic N) is 5. The lowest BCUT2D eigenvalue weighted by atomic mass is 9.98. The number of nitrogens with one attached hydrogen (secondary N) is 1. The van der Waals surface area contributed by atoms with Gasteiger partial charge in [-0.05, 0) is 25.0 Å². The molecule has 1 aliphatic rings. The molecule has 0 unspecified atom stereocenters. The number of aryl methyl sites for hydroxylation is 1. The molecule has 1 saturated heterocycles. The van der Waals surface area contributed by atoms with Crippen LogP contribution in [0.15, 0.2) is 28.8 Å². The monoisotopic (exact) mass is 446 g/mol. The Hall–Kier alpha value is -2.79. The minimum Gasteiger partial charge on any atom is -0.342 e. The predicted octanol–water partition coefficient (Wildman–Crippen LogP) is 1.68. The molecule has 1 N–H and O–H groups in total. The number of fused-ring (bicyclic) bond motifs is 1. The lowest BCUT2D eigenvalue weighted by Crippen LogP contribution is -2.37. The lowest BCUT2D eigenvalue weighted by Gasteiger charge is -2.28. The summed E-state index contributed by atoms with van der Waals surface area (Å²) in [6.45, 7) is 1.13. The second-order valence-corrected chi connectivity index (χ2v) is 9.92. The van der Waals surface area contributed by atoms with E-state index in [0.717, 1.165) is 16.9 Å². The van der Waals surface area contributed by atoms with E-state index in [-0.39, 0.29) is 18.4 Å². The van der Waals surface area contributed by atoms with E-state index < -0.39 is 10.0 Å². The maximum absolute atomic E-state index is 12.5. The van der Waals surface area contributed by atoms with Gasteiger partial charge >= 0.3 is 0 Å². The van der Waals surface area contributed by atoms with E-state index in [1.807, 2.05) is 24.3 Å². The third kappa shape index (κ3) is 5.10. The molecular weight excluding hydrogens is 420 g/mol. The van der Waals surface area contributed by atoms with Gasteiger partial charge in [-0.2, -0.15) is 4.98 Å². The highest BCUT2D eigenvalue weighted by Gasteiger charge is 2.28.